The molecule has 0 aliphatic carbocycles. The molecule has 5 rings (SSSR count). The lowest BCUT2D eigenvalue weighted by Crippen LogP contribution is -2.47. The second-order valence-corrected chi connectivity index (χ2v) is 7.53. The van der Waals surface area contributed by atoms with Crippen LogP contribution >= 0.6 is 0 Å². The van der Waals surface area contributed by atoms with Crippen LogP contribution in [0.1, 0.15) is 5.56 Å². The Hall–Kier alpha value is -3.74. The van der Waals surface area contributed by atoms with Crippen molar-refractivity contribution in [3.63, 3.8) is 0 Å². The number of piperazine rings is 1. The van der Waals surface area contributed by atoms with E-state index in [1.165, 1.54) is 12.1 Å². The van der Waals surface area contributed by atoms with Crippen molar-refractivity contribution in [2.24, 2.45) is 0 Å². The molecule has 1 aliphatic rings. The van der Waals surface area contributed by atoms with Gasteiger partial charge in [0.25, 0.3) is 0 Å². The third-order valence-electron chi connectivity index (χ3n) is 5.50. The summed E-state index contributed by atoms with van der Waals surface area (Å²) in [5.41, 5.74) is 1.90. The normalized spacial score (nSPS) is 14.1. The van der Waals surface area contributed by atoms with Crippen LogP contribution in [0.2, 0.25) is 0 Å². The molecular weight excluding hydrogens is 391 g/mol. The number of benzene rings is 2. The van der Waals surface area contributed by atoms with E-state index in [9.17, 15) is 4.39 Å². The largest absolute Gasteiger partial charge is 0.365 e. The first-order valence-electron chi connectivity index (χ1n) is 10.4. The van der Waals surface area contributed by atoms with Crippen LogP contribution in [0.4, 0.5) is 22.0 Å². The molecule has 0 unspecified atom stereocenters. The van der Waals surface area contributed by atoms with Crippen molar-refractivity contribution >= 4 is 28.5 Å². The number of fused-ring (bicyclic) bond motifs is 1. The lowest BCUT2D eigenvalue weighted by molar-refractivity contribution is 0.627. The zero-order valence-corrected chi connectivity index (χ0v) is 17.1. The Kier molecular flexibility index (Phi) is 5.31. The maximum absolute atomic E-state index is 13.2. The standard InChI is InChI=1S/C24H23FN6/c25-19-10-8-18(9-11-19)17-27-23-20-5-1-2-6-21(20)28-24(29-23)31-15-13-30(14-16-31)22-7-3-4-12-26-22/h1-12H,13-17H2,(H,27,28,29). The molecule has 7 heteroatoms. The lowest BCUT2D eigenvalue weighted by Gasteiger charge is -2.35. The molecule has 31 heavy (non-hydrogen) atoms. The van der Waals surface area contributed by atoms with Crippen molar-refractivity contribution in [2.45, 2.75) is 6.54 Å². The Morgan fingerprint density at radius 2 is 1.55 bits per heavy atom. The minimum Gasteiger partial charge on any atom is -0.365 e. The van der Waals surface area contributed by atoms with Gasteiger partial charge in [-0.05, 0) is 42.0 Å². The zero-order chi connectivity index (χ0) is 21.0. The van der Waals surface area contributed by atoms with E-state index in [1.807, 2.05) is 48.7 Å². The van der Waals surface area contributed by atoms with Gasteiger partial charge in [-0.15, -0.1) is 0 Å². The number of aromatic nitrogens is 3. The van der Waals surface area contributed by atoms with Crippen LogP contribution in [0.5, 0.6) is 0 Å². The van der Waals surface area contributed by atoms with Gasteiger partial charge in [-0.3, -0.25) is 0 Å². The molecule has 0 spiro atoms. The van der Waals surface area contributed by atoms with Crippen molar-refractivity contribution in [3.8, 4) is 0 Å². The summed E-state index contributed by atoms with van der Waals surface area (Å²) in [4.78, 5) is 18.6. The van der Waals surface area contributed by atoms with Crippen LogP contribution < -0.4 is 15.1 Å². The number of anilines is 3. The van der Waals surface area contributed by atoms with Gasteiger partial charge in [-0.2, -0.15) is 4.98 Å². The predicted molar refractivity (Wildman–Crippen MR) is 122 cm³/mol. The molecule has 1 saturated heterocycles. The fraction of sp³-hybridized carbons (Fsp3) is 0.208. The minimum absolute atomic E-state index is 0.233. The second kappa shape index (κ2) is 8.55. The van der Waals surface area contributed by atoms with E-state index in [0.29, 0.717) is 6.54 Å². The van der Waals surface area contributed by atoms with E-state index >= 15 is 0 Å². The molecule has 2 aromatic carbocycles. The van der Waals surface area contributed by atoms with Gasteiger partial charge in [-0.25, -0.2) is 14.4 Å². The lowest BCUT2D eigenvalue weighted by atomic mass is 10.2. The fourth-order valence-electron chi connectivity index (χ4n) is 3.80. The summed E-state index contributed by atoms with van der Waals surface area (Å²) in [6.45, 7) is 3.95. The number of para-hydroxylation sites is 1. The van der Waals surface area contributed by atoms with E-state index in [0.717, 1.165) is 60.2 Å². The van der Waals surface area contributed by atoms with Crippen LogP contribution in [0.25, 0.3) is 10.9 Å². The van der Waals surface area contributed by atoms with E-state index in [2.05, 4.69) is 20.1 Å². The molecule has 1 aliphatic heterocycles. The summed E-state index contributed by atoms with van der Waals surface area (Å²) >= 11 is 0. The van der Waals surface area contributed by atoms with Crippen LogP contribution in [-0.4, -0.2) is 41.1 Å². The number of nitrogens with one attached hydrogen (secondary N) is 1. The smallest absolute Gasteiger partial charge is 0.228 e. The Morgan fingerprint density at radius 3 is 2.32 bits per heavy atom. The first kappa shape index (κ1) is 19.2. The molecule has 156 valence electrons. The number of hydrogen-bond acceptors (Lipinski definition) is 6. The molecule has 6 nitrogen and oxygen atoms in total. The van der Waals surface area contributed by atoms with E-state index in [1.54, 1.807) is 12.1 Å². The summed E-state index contributed by atoms with van der Waals surface area (Å²) in [5, 5.41) is 4.39. The number of rotatable bonds is 5. The highest BCUT2D eigenvalue weighted by molar-refractivity contribution is 5.90. The first-order valence-corrected chi connectivity index (χ1v) is 10.4. The molecule has 0 bridgehead atoms. The van der Waals surface area contributed by atoms with Gasteiger partial charge in [-0.1, -0.05) is 30.3 Å². The maximum Gasteiger partial charge on any atom is 0.228 e. The van der Waals surface area contributed by atoms with Crippen molar-refractivity contribution < 1.29 is 4.39 Å². The summed E-state index contributed by atoms with van der Waals surface area (Å²) < 4.78 is 13.2. The van der Waals surface area contributed by atoms with E-state index in [4.69, 9.17) is 9.97 Å². The Morgan fingerprint density at radius 1 is 0.806 bits per heavy atom. The maximum atomic E-state index is 13.2. The Balaban J connectivity index is 1.36. The van der Waals surface area contributed by atoms with Gasteiger partial charge in [0.15, 0.2) is 0 Å². The molecule has 4 aromatic rings. The SMILES string of the molecule is Fc1ccc(CNc2nc(N3CCN(c4ccccn4)CC3)nc3ccccc23)cc1. The van der Waals surface area contributed by atoms with Crippen molar-refractivity contribution in [2.75, 3.05) is 41.3 Å². The average molecular weight is 414 g/mol. The summed E-state index contributed by atoms with van der Waals surface area (Å²) in [6, 6.07) is 20.5. The molecule has 0 atom stereocenters. The molecule has 0 radical (unpaired) electrons. The van der Waals surface area contributed by atoms with Gasteiger partial charge in [0.1, 0.15) is 17.5 Å². The third-order valence-corrected chi connectivity index (χ3v) is 5.50. The number of nitrogens with zero attached hydrogens (tertiary/aromatic N) is 5. The Bertz CT molecular complexity index is 1160. The minimum atomic E-state index is -0.233. The van der Waals surface area contributed by atoms with Crippen LogP contribution in [-0.2, 0) is 6.54 Å². The van der Waals surface area contributed by atoms with Crippen LogP contribution in [0, 0.1) is 5.82 Å². The van der Waals surface area contributed by atoms with Crippen molar-refractivity contribution in [3.05, 3.63) is 84.3 Å². The number of halogens is 1. The van der Waals surface area contributed by atoms with E-state index in [-0.39, 0.29) is 5.82 Å². The van der Waals surface area contributed by atoms with E-state index < -0.39 is 0 Å². The van der Waals surface area contributed by atoms with Crippen LogP contribution in [0.3, 0.4) is 0 Å². The second-order valence-electron chi connectivity index (χ2n) is 7.53. The molecule has 3 heterocycles. The Labute approximate surface area is 180 Å². The summed E-state index contributed by atoms with van der Waals surface area (Å²) in [5.74, 6) is 2.28. The molecule has 2 aromatic heterocycles. The number of pyridine rings is 1. The average Bonchev–Trinajstić information content (AvgIpc) is 2.84. The monoisotopic (exact) mass is 414 g/mol. The van der Waals surface area contributed by atoms with Crippen molar-refractivity contribution in [1.82, 2.24) is 15.0 Å². The molecule has 0 saturated carbocycles. The third kappa shape index (κ3) is 4.26. The molecule has 0 amide bonds. The molecule has 1 fully saturated rings. The zero-order valence-electron chi connectivity index (χ0n) is 17.1. The fourth-order valence-corrected chi connectivity index (χ4v) is 3.80. The van der Waals surface area contributed by atoms with Gasteiger partial charge >= 0.3 is 0 Å². The quantitative estimate of drug-likeness (QED) is 0.531. The van der Waals surface area contributed by atoms with Gasteiger partial charge < -0.3 is 15.1 Å². The van der Waals surface area contributed by atoms with Gasteiger partial charge in [0.2, 0.25) is 5.95 Å². The molecular formula is C24H23FN6. The molecule has 1 N–H and O–H groups in total. The highest BCUT2D eigenvalue weighted by Crippen LogP contribution is 2.25. The summed E-state index contributed by atoms with van der Waals surface area (Å²) in [7, 11) is 0. The van der Waals surface area contributed by atoms with Gasteiger partial charge in [0.05, 0.1) is 5.52 Å². The topological polar surface area (TPSA) is 57.2 Å². The van der Waals surface area contributed by atoms with Gasteiger partial charge in [0, 0.05) is 44.3 Å². The first-order chi connectivity index (χ1) is 15.3. The number of hydrogen-bond donors (Lipinski definition) is 1. The highest BCUT2D eigenvalue weighted by atomic mass is 19.1. The predicted octanol–water partition coefficient (Wildman–Crippen LogP) is 4.10. The summed E-state index contributed by atoms with van der Waals surface area (Å²) in [6.07, 6.45) is 1.83. The highest BCUT2D eigenvalue weighted by Gasteiger charge is 2.21. The van der Waals surface area contributed by atoms with Crippen molar-refractivity contribution in [1.29, 1.82) is 0 Å². The van der Waals surface area contributed by atoms with Crippen LogP contribution in [0.15, 0.2) is 72.9 Å².